The molecule has 0 saturated carbocycles. The zero-order valence-corrected chi connectivity index (χ0v) is 14.0. The van der Waals surface area contributed by atoms with Crippen molar-refractivity contribution in [3.8, 4) is 5.75 Å². The van der Waals surface area contributed by atoms with E-state index in [4.69, 9.17) is 10.5 Å². The lowest BCUT2D eigenvalue weighted by Crippen LogP contribution is -2.33. The summed E-state index contributed by atoms with van der Waals surface area (Å²) in [6.45, 7) is 5.59. The molecule has 2 rings (SSSR count). The largest absolute Gasteiger partial charge is 0.492 e. The number of rotatable bonds is 6. The Morgan fingerprint density at radius 3 is 2.74 bits per heavy atom. The number of nitrogens with zero attached hydrogens (tertiary/aromatic N) is 2. The number of ether oxygens (including phenoxy) is 1. The summed E-state index contributed by atoms with van der Waals surface area (Å²) in [6, 6.07) is 3.53. The third-order valence-electron chi connectivity index (χ3n) is 2.81. The Bertz CT molecular complexity index is 703. The van der Waals surface area contributed by atoms with Gasteiger partial charge in [0, 0.05) is 16.4 Å². The first-order valence-corrected chi connectivity index (χ1v) is 7.92. The van der Waals surface area contributed by atoms with E-state index in [1.807, 2.05) is 26.8 Å². The number of benzene rings is 1. The van der Waals surface area contributed by atoms with Gasteiger partial charge in [-0.05, 0) is 26.8 Å². The molecule has 1 aromatic heterocycles. The van der Waals surface area contributed by atoms with Crippen LogP contribution in [0.2, 0.25) is 0 Å². The van der Waals surface area contributed by atoms with E-state index < -0.39 is 7.12 Å². The van der Waals surface area contributed by atoms with Crippen LogP contribution < -0.4 is 21.4 Å². The second-order valence-electron chi connectivity index (χ2n) is 5.26. The molecule has 23 heavy (non-hydrogen) atoms. The molecule has 0 radical (unpaired) electrons. The Kier molecular flexibility index (Phi) is 5.59. The average molecular weight is 334 g/mol. The van der Waals surface area contributed by atoms with Gasteiger partial charge in [0.2, 0.25) is 5.13 Å². The molecule has 0 aliphatic heterocycles. The third-order valence-corrected chi connectivity index (χ3v) is 3.57. The van der Waals surface area contributed by atoms with Crippen LogP contribution in [0.4, 0.5) is 10.9 Å². The van der Waals surface area contributed by atoms with Gasteiger partial charge in [0.05, 0.1) is 12.3 Å². The number of thiazole rings is 1. The molecule has 0 atom stereocenters. The normalized spacial score (nSPS) is 11.2. The Labute approximate surface area is 139 Å². The van der Waals surface area contributed by atoms with Gasteiger partial charge in [-0.25, -0.2) is 4.98 Å². The van der Waals surface area contributed by atoms with E-state index >= 15 is 0 Å². The number of anilines is 2. The van der Waals surface area contributed by atoms with E-state index in [2.05, 4.69) is 15.5 Å². The van der Waals surface area contributed by atoms with E-state index in [0.29, 0.717) is 27.7 Å². The van der Waals surface area contributed by atoms with Crippen molar-refractivity contribution in [1.82, 2.24) is 4.98 Å². The molecule has 122 valence electrons. The molecule has 0 aliphatic rings. The van der Waals surface area contributed by atoms with E-state index in [1.54, 1.807) is 17.7 Å². The predicted octanol–water partition coefficient (Wildman–Crippen LogP) is 0.947. The van der Waals surface area contributed by atoms with Crippen LogP contribution in [0.3, 0.4) is 0 Å². The summed E-state index contributed by atoms with van der Waals surface area (Å²) in [5.41, 5.74) is 10.1. The van der Waals surface area contributed by atoms with Gasteiger partial charge in [-0.15, -0.1) is 11.3 Å². The molecule has 9 heteroatoms. The second-order valence-corrected chi connectivity index (χ2v) is 6.12. The summed E-state index contributed by atoms with van der Waals surface area (Å²) in [5.74, 6) is 0.822. The van der Waals surface area contributed by atoms with Gasteiger partial charge in [-0.1, -0.05) is 11.6 Å². The van der Waals surface area contributed by atoms with Gasteiger partial charge < -0.3 is 20.5 Å². The highest BCUT2D eigenvalue weighted by atomic mass is 32.1. The predicted molar refractivity (Wildman–Crippen MR) is 94.5 cm³/mol. The summed E-state index contributed by atoms with van der Waals surface area (Å²) >= 11 is 1.34. The molecule has 0 bridgehead atoms. The minimum Gasteiger partial charge on any atom is -0.491 e. The van der Waals surface area contributed by atoms with Crippen molar-refractivity contribution >= 4 is 41.1 Å². The Hall–Kier alpha value is -2.10. The van der Waals surface area contributed by atoms with E-state index in [9.17, 15) is 10.0 Å². The smallest absolute Gasteiger partial charge is 0.491 e. The molecule has 1 heterocycles. The van der Waals surface area contributed by atoms with Crippen LogP contribution in [0, 0.1) is 6.92 Å². The highest BCUT2D eigenvalue weighted by Gasteiger charge is 2.21. The average Bonchev–Trinajstić information content (AvgIpc) is 2.86. The zero-order valence-electron chi connectivity index (χ0n) is 13.1. The molecular formula is C14H19BN4O3S. The van der Waals surface area contributed by atoms with Gasteiger partial charge in [-0.3, -0.25) is 5.43 Å². The van der Waals surface area contributed by atoms with Gasteiger partial charge in [-0.2, -0.15) is 5.10 Å². The molecule has 0 fully saturated rings. The number of aryl methyl sites for hydroxylation is 1. The first-order chi connectivity index (χ1) is 10.9. The fourth-order valence-corrected chi connectivity index (χ4v) is 2.53. The minimum absolute atomic E-state index is 0.117. The van der Waals surface area contributed by atoms with Crippen molar-refractivity contribution in [2.75, 3.05) is 11.2 Å². The van der Waals surface area contributed by atoms with Crippen molar-refractivity contribution in [3.63, 3.8) is 0 Å². The maximum atomic E-state index is 9.57. The number of nitrogens with two attached hydrogens (primary N) is 1. The molecule has 1 aromatic carbocycles. The summed E-state index contributed by atoms with van der Waals surface area (Å²) in [5, 5.41) is 25.5. The maximum absolute atomic E-state index is 9.57. The standard InChI is InChI=1S/C14H19BN4O3S/c1-8(2)22-13-10(4-9(3)5-11(13)15(20)21)6-17-19-14-18-12(16)7-23-14/h4-8,20-21H,16H2,1-3H3,(H,18,19). The van der Waals surface area contributed by atoms with Crippen LogP contribution in [0.15, 0.2) is 22.6 Å². The molecule has 0 saturated heterocycles. The van der Waals surface area contributed by atoms with Crippen LogP contribution >= 0.6 is 11.3 Å². The van der Waals surface area contributed by atoms with E-state index in [1.165, 1.54) is 11.3 Å². The van der Waals surface area contributed by atoms with Crippen LogP contribution in [0.1, 0.15) is 25.0 Å². The number of aromatic nitrogens is 1. The molecule has 5 N–H and O–H groups in total. The first kappa shape index (κ1) is 17.3. The van der Waals surface area contributed by atoms with Crippen molar-refractivity contribution in [3.05, 3.63) is 28.6 Å². The summed E-state index contributed by atoms with van der Waals surface area (Å²) in [6.07, 6.45) is 1.43. The number of hydrazone groups is 1. The molecule has 0 aliphatic carbocycles. The molecule has 0 amide bonds. The van der Waals surface area contributed by atoms with Gasteiger partial charge in [0.15, 0.2) is 0 Å². The highest BCUT2D eigenvalue weighted by molar-refractivity contribution is 7.14. The summed E-state index contributed by atoms with van der Waals surface area (Å²) < 4.78 is 5.73. The number of nitrogen functional groups attached to an aromatic ring is 1. The van der Waals surface area contributed by atoms with Gasteiger partial charge in [0.25, 0.3) is 0 Å². The topological polar surface area (TPSA) is 113 Å². The lowest BCUT2D eigenvalue weighted by atomic mass is 9.77. The Morgan fingerprint density at radius 2 is 2.17 bits per heavy atom. The Balaban J connectivity index is 2.31. The fourth-order valence-electron chi connectivity index (χ4n) is 1.98. The molecule has 0 spiro atoms. The quantitative estimate of drug-likeness (QED) is 0.355. The zero-order chi connectivity index (χ0) is 17.0. The Morgan fingerprint density at radius 1 is 1.43 bits per heavy atom. The number of hydrogen-bond acceptors (Lipinski definition) is 8. The van der Waals surface area contributed by atoms with E-state index in [0.717, 1.165) is 5.56 Å². The minimum atomic E-state index is -1.62. The molecule has 7 nitrogen and oxygen atoms in total. The molecular weight excluding hydrogens is 315 g/mol. The molecule has 0 unspecified atom stereocenters. The number of nitrogens with one attached hydrogen (secondary N) is 1. The molecule has 2 aromatic rings. The monoisotopic (exact) mass is 334 g/mol. The van der Waals surface area contributed by atoms with Crippen LogP contribution in [0.25, 0.3) is 0 Å². The fraction of sp³-hybridized carbons (Fsp3) is 0.286. The number of hydrogen-bond donors (Lipinski definition) is 4. The third kappa shape index (κ3) is 4.69. The van der Waals surface area contributed by atoms with Crippen LogP contribution in [-0.4, -0.2) is 34.5 Å². The van der Waals surface area contributed by atoms with E-state index in [-0.39, 0.29) is 6.10 Å². The second kappa shape index (κ2) is 7.45. The van der Waals surface area contributed by atoms with Gasteiger partial charge in [0.1, 0.15) is 11.6 Å². The summed E-state index contributed by atoms with van der Waals surface area (Å²) in [7, 11) is -1.62. The van der Waals surface area contributed by atoms with Crippen molar-refractivity contribution in [1.29, 1.82) is 0 Å². The van der Waals surface area contributed by atoms with Crippen molar-refractivity contribution < 1.29 is 14.8 Å². The van der Waals surface area contributed by atoms with Crippen molar-refractivity contribution in [2.45, 2.75) is 26.9 Å². The van der Waals surface area contributed by atoms with Crippen molar-refractivity contribution in [2.24, 2.45) is 5.10 Å². The first-order valence-electron chi connectivity index (χ1n) is 7.04. The van der Waals surface area contributed by atoms with Gasteiger partial charge >= 0.3 is 7.12 Å². The van der Waals surface area contributed by atoms with Crippen LogP contribution in [0.5, 0.6) is 5.75 Å². The summed E-state index contributed by atoms with van der Waals surface area (Å²) in [4.78, 5) is 4.04. The lowest BCUT2D eigenvalue weighted by molar-refractivity contribution is 0.243. The lowest BCUT2D eigenvalue weighted by Gasteiger charge is -2.17. The SMILES string of the molecule is Cc1cc(C=NNc2nc(N)cs2)c(OC(C)C)c(B(O)O)c1. The highest BCUT2D eigenvalue weighted by Crippen LogP contribution is 2.19. The maximum Gasteiger partial charge on any atom is 0.492 e. The van der Waals surface area contributed by atoms with Crippen LogP contribution in [-0.2, 0) is 0 Å².